The fourth-order valence-corrected chi connectivity index (χ4v) is 3.67. The van der Waals surface area contributed by atoms with Crippen molar-refractivity contribution >= 4 is 15.7 Å². The Bertz CT molecular complexity index is 720. The summed E-state index contributed by atoms with van der Waals surface area (Å²) in [5.41, 5.74) is 4.11. The first kappa shape index (κ1) is 15.5. The number of nitrogens with zero attached hydrogens (tertiary/aromatic N) is 1. The van der Waals surface area contributed by atoms with Gasteiger partial charge in [0.2, 0.25) is 10.0 Å². The lowest BCUT2D eigenvalue weighted by Crippen LogP contribution is -2.28. The van der Waals surface area contributed by atoms with E-state index in [1.54, 1.807) is 39.0 Å². The van der Waals surface area contributed by atoms with Crippen LogP contribution in [0.5, 0.6) is 0 Å². The Kier molecular flexibility index (Phi) is 4.31. The molecule has 2 rings (SSSR count). The summed E-state index contributed by atoms with van der Waals surface area (Å²) in [6.07, 6.45) is 0. The highest BCUT2D eigenvalue weighted by Crippen LogP contribution is 2.25. The van der Waals surface area contributed by atoms with Gasteiger partial charge in [-0.25, -0.2) is 13.1 Å². The fourth-order valence-electron chi connectivity index (χ4n) is 2.28. The molecule has 0 saturated heterocycles. The standard InChI is InChI=1S/C13H18N4O3S/c1-8-13(10(3)20-16-8)9(2)17-21(18,19)12-7-5-4-6-11(12)15-14/h4-7,9,15,17H,14H2,1-3H3. The van der Waals surface area contributed by atoms with Crippen molar-refractivity contribution in [3.05, 3.63) is 41.3 Å². The predicted octanol–water partition coefficient (Wildman–Crippen LogP) is 1.62. The van der Waals surface area contributed by atoms with Gasteiger partial charge in [0.05, 0.1) is 11.4 Å². The van der Waals surface area contributed by atoms with Gasteiger partial charge in [-0.2, -0.15) is 0 Å². The summed E-state index contributed by atoms with van der Waals surface area (Å²) in [4.78, 5) is 0.0890. The number of rotatable bonds is 5. The predicted molar refractivity (Wildman–Crippen MR) is 79.0 cm³/mol. The number of hydrazine groups is 1. The molecule has 1 heterocycles. The SMILES string of the molecule is Cc1noc(C)c1C(C)NS(=O)(=O)c1ccccc1NN. The summed E-state index contributed by atoms with van der Waals surface area (Å²) in [5.74, 6) is 5.94. The Balaban J connectivity index is 2.34. The van der Waals surface area contributed by atoms with Crippen LogP contribution >= 0.6 is 0 Å². The first-order chi connectivity index (χ1) is 9.86. The Hall–Kier alpha value is -1.90. The van der Waals surface area contributed by atoms with Crippen LogP contribution in [0.25, 0.3) is 0 Å². The van der Waals surface area contributed by atoms with Gasteiger partial charge in [0.15, 0.2) is 0 Å². The molecule has 1 aromatic heterocycles. The van der Waals surface area contributed by atoms with Crippen LogP contribution in [-0.2, 0) is 10.0 Å². The summed E-state index contributed by atoms with van der Waals surface area (Å²) in [6, 6.07) is 5.95. The van der Waals surface area contributed by atoms with Crippen LogP contribution in [0, 0.1) is 13.8 Å². The third kappa shape index (κ3) is 3.07. The maximum absolute atomic E-state index is 12.5. The number of aryl methyl sites for hydroxylation is 2. The van der Waals surface area contributed by atoms with E-state index in [1.165, 1.54) is 6.07 Å². The number of hydrogen-bond donors (Lipinski definition) is 3. The van der Waals surface area contributed by atoms with Gasteiger partial charge in [-0.3, -0.25) is 5.84 Å². The Morgan fingerprint density at radius 3 is 2.52 bits per heavy atom. The van der Waals surface area contributed by atoms with Crippen LogP contribution in [-0.4, -0.2) is 13.6 Å². The van der Waals surface area contributed by atoms with Gasteiger partial charge in [-0.1, -0.05) is 17.3 Å². The molecule has 0 saturated carbocycles. The minimum atomic E-state index is -3.72. The van der Waals surface area contributed by atoms with E-state index in [0.717, 1.165) is 5.56 Å². The minimum absolute atomic E-state index is 0.0890. The third-order valence-electron chi connectivity index (χ3n) is 3.19. The molecule has 1 aromatic carbocycles. The zero-order valence-electron chi connectivity index (χ0n) is 12.0. The van der Waals surface area contributed by atoms with Crippen molar-refractivity contribution in [1.82, 2.24) is 9.88 Å². The fraction of sp³-hybridized carbons (Fsp3) is 0.308. The lowest BCUT2D eigenvalue weighted by molar-refractivity contribution is 0.391. The van der Waals surface area contributed by atoms with Gasteiger partial charge >= 0.3 is 0 Å². The van der Waals surface area contributed by atoms with E-state index >= 15 is 0 Å². The smallest absolute Gasteiger partial charge is 0.243 e. The summed E-state index contributed by atoms with van der Waals surface area (Å²) in [6.45, 7) is 5.25. The molecule has 0 radical (unpaired) electrons. The second kappa shape index (κ2) is 5.84. The van der Waals surface area contributed by atoms with Crippen LogP contribution < -0.4 is 16.0 Å². The molecule has 114 valence electrons. The third-order valence-corrected chi connectivity index (χ3v) is 4.78. The van der Waals surface area contributed by atoms with Gasteiger partial charge in [0, 0.05) is 11.6 Å². The van der Waals surface area contributed by atoms with E-state index in [0.29, 0.717) is 17.1 Å². The van der Waals surface area contributed by atoms with Crippen molar-refractivity contribution in [3.8, 4) is 0 Å². The van der Waals surface area contributed by atoms with Crippen molar-refractivity contribution in [2.75, 3.05) is 5.43 Å². The number of nitrogen functional groups attached to an aromatic ring is 1. The minimum Gasteiger partial charge on any atom is -0.361 e. The van der Waals surface area contributed by atoms with Crippen molar-refractivity contribution in [1.29, 1.82) is 0 Å². The first-order valence-electron chi connectivity index (χ1n) is 6.37. The number of nitrogens with two attached hydrogens (primary N) is 1. The van der Waals surface area contributed by atoms with Crippen molar-refractivity contribution in [2.45, 2.75) is 31.7 Å². The topological polar surface area (TPSA) is 110 Å². The molecule has 21 heavy (non-hydrogen) atoms. The monoisotopic (exact) mass is 310 g/mol. The molecule has 7 nitrogen and oxygen atoms in total. The number of aromatic nitrogens is 1. The number of hydrogen-bond acceptors (Lipinski definition) is 6. The number of sulfonamides is 1. The van der Waals surface area contributed by atoms with Gasteiger partial charge in [0.25, 0.3) is 0 Å². The van der Waals surface area contributed by atoms with Gasteiger partial charge in [-0.05, 0) is 32.9 Å². The van der Waals surface area contributed by atoms with Gasteiger partial charge < -0.3 is 9.95 Å². The van der Waals surface area contributed by atoms with E-state index in [9.17, 15) is 8.42 Å². The molecule has 8 heteroatoms. The molecule has 0 amide bonds. The van der Waals surface area contributed by atoms with Crippen LogP contribution in [0.3, 0.4) is 0 Å². The molecular formula is C13H18N4O3S. The number of nitrogens with one attached hydrogen (secondary N) is 2. The van der Waals surface area contributed by atoms with E-state index in [1.807, 2.05) is 0 Å². The summed E-state index contributed by atoms with van der Waals surface area (Å²) >= 11 is 0. The van der Waals surface area contributed by atoms with Crippen molar-refractivity contribution < 1.29 is 12.9 Å². The molecule has 0 aliphatic heterocycles. The number of benzene rings is 1. The highest BCUT2D eigenvalue weighted by molar-refractivity contribution is 7.89. The zero-order valence-corrected chi connectivity index (χ0v) is 12.9. The first-order valence-corrected chi connectivity index (χ1v) is 7.86. The highest BCUT2D eigenvalue weighted by atomic mass is 32.2. The number of para-hydroxylation sites is 1. The molecule has 0 bridgehead atoms. The largest absolute Gasteiger partial charge is 0.361 e. The summed E-state index contributed by atoms with van der Waals surface area (Å²) in [5, 5.41) is 3.83. The lowest BCUT2D eigenvalue weighted by Gasteiger charge is -2.16. The summed E-state index contributed by atoms with van der Waals surface area (Å²) < 4.78 is 32.6. The highest BCUT2D eigenvalue weighted by Gasteiger charge is 2.24. The van der Waals surface area contributed by atoms with Crippen LogP contribution in [0.2, 0.25) is 0 Å². The van der Waals surface area contributed by atoms with E-state index in [-0.39, 0.29) is 4.90 Å². The Morgan fingerprint density at radius 1 is 1.29 bits per heavy atom. The van der Waals surface area contributed by atoms with Crippen molar-refractivity contribution in [3.63, 3.8) is 0 Å². The number of anilines is 1. The molecule has 2 aromatic rings. The van der Waals surface area contributed by atoms with Gasteiger partial charge in [-0.15, -0.1) is 0 Å². The molecule has 0 aliphatic rings. The second-order valence-corrected chi connectivity index (χ2v) is 6.40. The molecule has 1 atom stereocenters. The molecular weight excluding hydrogens is 292 g/mol. The van der Waals surface area contributed by atoms with E-state index < -0.39 is 16.1 Å². The average Bonchev–Trinajstić information content (AvgIpc) is 2.77. The van der Waals surface area contributed by atoms with Crippen LogP contribution in [0.15, 0.2) is 33.7 Å². The lowest BCUT2D eigenvalue weighted by atomic mass is 10.1. The van der Waals surface area contributed by atoms with E-state index in [4.69, 9.17) is 10.4 Å². The van der Waals surface area contributed by atoms with Gasteiger partial charge in [0.1, 0.15) is 10.7 Å². The molecule has 4 N–H and O–H groups in total. The quantitative estimate of drug-likeness (QED) is 0.571. The zero-order chi connectivity index (χ0) is 15.6. The molecule has 0 spiro atoms. The van der Waals surface area contributed by atoms with Crippen LogP contribution in [0.4, 0.5) is 5.69 Å². The van der Waals surface area contributed by atoms with E-state index in [2.05, 4.69) is 15.3 Å². The maximum Gasteiger partial charge on any atom is 0.243 e. The average molecular weight is 310 g/mol. The summed E-state index contributed by atoms with van der Waals surface area (Å²) in [7, 11) is -3.72. The molecule has 0 aliphatic carbocycles. The Morgan fingerprint density at radius 2 is 1.95 bits per heavy atom. The maximum atomic E-state index is 12.5. The molecule has 1 unspecified atom stereocenters. The normalized spacial score (nSPS) is 13.1. The second-order valence-electron chi connectivity index (χ2n) is 4.72. The Labute approximate surface area is 123 Å². The van der Waals surface area contributed by atoms with Crippen molar-refractivity contribution in [2.24, 2.45) is 5.84 Å². The van der Waals surface area contributed by atoms with Crippen LogP contribution in [0.1, 0.15) is 30.0 Å². The molecule has 0 fully saturated rings.